The SMILES string of the molecule is CCCCCCCCC(C)OCCCCO. The van der Waals surface area contributed by atoms with Gasteiger partial charge in [-0.15, -0.1) is 0 Å². The molecule has 0 bridgehead atoms. The molecule has 2 nitrogen and oxygen atoms in total. The molecule has 0 aromatic carbocycles. The molecule has 0 aliphatic rings. The van der Waals surface area contributed by atoms with E-state index in [-0.39, 0.29) is 6.61 Å². The second kappa shape index (κ2) is 13.0. The summed E-state index contributed by atoms with van der Waals surface area (Å²) in [5, 5.41) is 8.62. The highest BCUT2D eigenvalue weighted by molar-refractivity contribution is 4.52. The lowest BCUT2D eigenvalue weighted by atomic mass is 10.1. The van der Waals surface area contributed by atoms with Crippen LogP contribution in [0, 0.1) is 0 Å². The molecule has 0 spiro atoms. The summed E-state index contributed by atoms with van der Waals surface area (Å²) >= 11 is 0. The fraction of sp³-hybridized carbons (Fsp3) is 1.00. The van der Waals surface area contributed by atoms with Crippen LogP contribution in [-0.4, -0.2) is 24.4 Å². The summed E-state index contributed by atoms with van der Waals surface area (Å²) in [6, 6.07) is 0. The van der Waals surface area contributed by atoms with Crippen LogP contribution in [0.1, 0.15) is 71.6 Å². The van der Waals surface area contributed by atoms with Crippen LogP contribution in [0.5, 0.6) is 0 Å². The minimum Gasteiger partial charge on any atom is -0.396 e. The summed E-state index contributed by atoms with van der Waals surface area (Å²) in [7, 11) is 0. The van der Waals surface area contributed by atoms with Crippen molar-refractivity contribution in [1.29, 1.82) is 0 Å². The molecule has 0 radical (unpaired) electrons. The van der Waals surface area contributed by atoms with Gasteiger partial charge in [0.2, 0.25) is 0 Å². The van der Waals surface area contributed by atoms with Crippen LogP contribution in [0.2, 0.25) is 0 Å². The van der Waals surface area contributed by atoms with Gasteiger partial charge in [0.15, 0.2) is 0 Å². The molecule has 16 heavy (non-hydrogen) atoms. The average molecular weight is 230 g/mol. The van der Waals surface area contributed by atoms with E-state index in [0.717, 1.165) is 19.4 Å². The Balaban J connectivity index is 3.08. The smallest absolute Gasteiger partial charge is 0.0547 e. The number of rotatable bonds is 12. The molecule has 0 aliphatic carbocycles. The van der Waals surface area contributed by atoms with E-state index in [1.165, 1.54) is 44.9 Å². The first kappa shape index (κ1) is 15.9. The maximum absolute atomic E-state index is 8.62. The summed E-state index contributed by atoms with van der Waals surface area (Å²) in [4.78, 5) is 0. The van der Waals surface area contributed by atoms with Gasteiger partial charge in [0.1, 0.15) is 0 Å². The Bertz CT molecular complexity index is 126. The van der Waals surface area contributed by atoms with Crippen LogP contribution in [-0.2, 0) is 4.74 Å². The lowest BCUT2D eigenvalue weighted by molar-refractivity contribution is 0.0537. The van der Waals surface area contributed by atoms with Gasteiger partial charge in [0, 0.05) is 13.2 Å². The van der Waals surface area contributed by atoms with Crippen molar-refractivity contribution in [3.05, 3.63) is 0 Å². The first-order chi connectivity index (χ1) is 7.81. The minimum atomic E-state index is 0.287. The van der Waals surface area contributed by atoms with Gasteiger partial charge >= 0.3 is 0 Å². The molecule has 0 aromatic heterocycles. The molecular weight excluding hydrogens is 200 g/mol. The van der Waals surface area contributed by atoms with Crippen LogP contribution < -0.4 is 0 Å². The first-order valence-electron chi connectivity index (χ1n) is 7.03. The Kier molecular flexibility index (Phi) is 12.9. The standard InChI is InChI=1S/C14H30O2/c1-3-4-5-6-7-8-11-14(2)16-13-10-9-12-15/h14-15H,3-13H2,1-2H3. The largest absolute Gasteiger partial charge is 0.396 e. The second-order valence-electron chi connectivity index (χ2n) is 4.67. The third-order valence-corrected chi connectivity index (χ3v) is 2.92. The predicted octanol–water partition coefficient (Wildman–Crippen LogP) is 3.91. The Hall–Kier alpha value is -0.0800. The van der Waals surface area contributed by atoms with Gasteiger partial charge in [0.05, 0.1) is 6.10 Å². The molecule has 0 saturated carbocycles. The Morgan fingerprint density at radius 1 is 0.938 bits per heavy atom. The first-order valence-corrected chi connectivity index (χ1v) is 7.03. The van der Waals surface area contributed by atoms with Crippen molar-refractivity contribution >= 4 is 0 Å². The van der Waals surface area contributed by atoms with E-state index in [9.17, 15) is 0 Å². The van der Waals surface area contributed by atoms with Gasteiger partial charge < -0.3 is 9.84 Å². The van der Waals surface area contributed by atoms with Crippen molar-refractivity contribution in [2.75, 3.05) is 13.2 Å². The van der Waals surface area contributed by atoms with Crippen molar-refractivity contribution < 1.29 is 9.84 Å². The van der Waals surface area contributed by atoms with Crippen molar-refractivity contribution in [2.24, 2.45) is 0 Å². The molecule has 0 fully saturated rings. The lowest BCUT2D eigenvalue weighted by Crippen LogP contribution is -2.09. The van der Waals surface area contributed by atoms with E-state index in [1.54, 1.807) is 0 Å². The second-order valence-corrected chi connectivity index (χ2v) is 4.67. The van der Waals surface area contributed by atoms with E-state index in [0.29, 0.717) is 6.10 Å². The minimum absolute atomic E-state index is 0.287. The van der Waals surface area contributed by atoms with Crippen LogP contribution in [0.25, 0.3) is 0 Å². The Labute approximate surface area is 101 Å². The number of hydrogen-bond acceptors (Lipinski definition) is 2. The van der Waals surface area contributed by atoms with Gasteiger partial charge in [-0.2, -0.15) is 0 Å². The highest BCUT2D eigenvalue weighted by atomic mass is 16.5. The van der Waals surface area contributed by atoms with Crippen molar-refractivity contribution in [2.45, 2.75) is 77.7 Å². The normalized spacial score (nSPS) is 12.9. The number of hydrogen-bond donors (Lipinski definition) is 1. The number of aliphatic hydroxyl groups is 1. The average Bonchev–Trinajstić information content (AvgIpc) is 2.29. The summed E-state index contributed by atoms with van der Waals surface area (Å²) in [6.45, 7) is 5.50. The molecule has 1 unspecified atom stereocenters. The maximum atomic E-state index is 8.62. The van der Waals surface area contributed by atoms with Crippen molar-refractivity contribution in [3.63, 3.8) is 0 Å². The molecule has 0 heterocycles. The molecule has 0 saturated heterocycles. The fourth-order valence-corrected chi connectivity index (χ4v) is 1.79. The summed E-state index contributed by atoms with van der Waals surface area (Å²) in [5.74, 6) is 0. The molecule has 1 atom stereocenters. The van der Waals surface area contributed by atoms with Gasteiger partial charge in [-0.1, -0.05) is 45.4 Å². The maximum Gasteiger partial charge on any atom is 0.0547 e. The van der Waals surface area contributed by atoms with Gasteiger partial charge in [-0.25, -0.2) is 0 Å². The van der Waals surface area contributed by atoms with E-state index >= 15 is 0 Å². The van der Waals surface area contributed by atoms with Gasteiger partial charge in [0.25, 0.3) is 0 Å². The molecular formula is C14H30O2. The Morgan fingerprint density at radius 2 is 1.62 bits per heavy atom. The zero-order valence-electron chi connectivity index (χ0n) is 11.2. The fourth-order valence-electron chi connectivity index (χ4n) is 1.79. The predicted molar refractivity (Wildman–Crippen MR) is 69.7 cm³/mol. The quantitative estimate of drug-likeness (QED) is 0.515. The third kappa shape index (κ3) is 12.0. The topological polar surface area (TPSA) is 29.5 Å². The van der Waals surface area contributed by atoms with Crippen LogP contribution in [0.3, 0.4) is 0 Å². The number of unbranched alkanes of at least 4 members (excludes halogenated alkanes) is 6. The molecule has 2 heteroatoms. The molecule has 0 rings (SSSR count). The highest BCUT2D eigenvalue weighted by Gasteiger charge is 2.01. The van der Waals surface area contributed by atoms with Crippen LogP contribution in [0.4, 0.5) is 0 Å². The summed E-state index contributed by atoms with van der Waals surface area (Å²) in [6.07, 6.45) is 11.6. The molecule has 0 aliphatic heterocycles. The van der Waals surface area contributed by atoms with Crippen molar-refractivity contribution in [1.82, 2.24) is 0 Å². The zero-order valence-corrected chi connectivity index (χ0v) is 11.2. The number of aliphatic hydroxyl groups excluding tert-OH is 1. The monoisotopic (exact) mass is 230 g/mol. The molecule has 0 amide bonds. The summed E-state index contributed by atoms with van der Waals surface area (Å²) in [5.41, 5.74) is 0. The van der Waals surface area contributed by atoms with Gasteiger partial charge in [-0.3, -0.25) is 0 Å². The Morgan fingerprint density at radius 3 is 2.31 bits per heavy atom. The van der Waals surface area contributed by atoms with E-state index in [2.05, 4.69) is 13.8 Å². The van der Waals surface area contributed by atoms with Crippen LogP contribution >= 0.6 is 0 Å². The van der Waals surface area contributed by atoms with E-state index in [1.807, 2.05) is 0 Å². The number of ether oxygens (including phenoxy) is 1. The molecule has 98 valence electrons. The highest BCUT2D eigenvalue weighted by Crippen LogP contribution is 2.10. The zero-order chi connectivity index (χ0) is 12.1. The molecule has 0 aromatic rings. The molecule has 1 N–H and O–H groups in total. The lowest BCUT2D eigenvalue weighted by Gasteiger charge is -2.12. The third-order valence-electron chi connectivity index (χ3n) is 2.92. The van der Waals surface area contributed by atoms with Crippen molar-refractivity contribution in [3.8, 4) is 0 Å². The van der Waals surface area contributed by atoms with E-state index < -0.39 is 0 Å². The van der Waals surface area contributed by atoms with Crippen LogP contribution in [0.15, 0.2) is 0 Å². The summed E-state index contributed by atoms with van der Waals surface area (Å²) < 4.78 is 5.66. The van der Waals surface area contributed by atoms with E-state index in [4.69, 9.17) is 9.84 Å². The van der Waals surface area contributed by atoms with Gasteiger partial charge in [-0.05, 0) is 26.2 Å².